The molecule has 3 heterocycles. The first-order valence-corrected chi connectivity index (χ1v) is 7.64. The number of hydrogen-bond donors (Lipinski definition) is 1. The summed E-state index contributed by atoms with van der Waals surface area (Å²) in [4.78, 5) is 17.6. The Bertz CT molecular complexity index is 810. The average molecular weight is 291 g/mol. The first-order valence-electron chi connectivity index (χ1n) is 7.64. The Morgan fingerprint density at radius 2 is 1.73 bits per heavy atom. The van der Waals surface area contributed by atoms with Crippen LogP contribution in [0.5, 0.6) is 0 Å². The van der Waals surface area contributed by atoms with Gasteiger partial charge in [0.1, 0.15) is 5.82 Å². The summed E-state index contributed by atoms with van der Waals surface area (Å²) >= 11 is 0. The minimum atomic E-state index is 0.536. The molecule has 110 valence electrons. The lowest BCUT2D eigenvalue weighted by atomic mass is 9.96. The van der Waals surface area contributed by atoms with Gasteiger partial charge in [0, 0.05) is 29.5 Å². The molecule has 4 rings (SSSR count). The smallest absolute Gasteiger partial charge is 0.162 e. The summed E-state index contributed by atoms with van der Waals surface area (Å²) in [5.74, 6) is 1.70. The maximum absolute atomic E-state index is 6.27. The normalized spacial score (nSPS) is 15.5. The standard InChI is InChI=1S/C17H17N5/c18-16-15-13(11-3-1-2-4-11)9-20-10-14(15)21-17(22-16)12-5-7-19-8-6-12/h5-11H,1-4H2,(H2,18,21,22). The summed E-state index contributed by atoms with van der Waals surface area (Å²) in [5.41, 5.74) is 9.21. The molecule has 1 aliphatic carbocycles. The topological polar surface area (TPSA) is 77.6 Å². The van der Waals surface area contributed by atoms with E-state index < -0.39 is 0 Å². The van der Waals surface area contributed by atoms with Crippen molar-refractivity contribution < 1.29 is 0 Å². The van der Waals surface area contributed by atoms with Gasteiger partial charge >= 0.3 is 0 Å². The summed E-state index contributed by atoms with van der Waals surface area (Å²) in [5, 5.41) is 0.972. The van der Waals surface area contributed by atoms with Crippen molar-refractivity contribution >= 4 is 16.7 Å². The Kier molecular flexibility index (Phi) is 3.18. The van der Waals surface area contributed by atoms with Crippen LogP contribution in [0.15, 0.2) is 36.9 Å². The highest BCUT2D eigenvalue weighted by Crippen LogP contribution is 2.38. The fourth-order valence-corrected chi connectivity index (χ4v) is 3.31. The molecule has 3 aromatic rings. The maximum Gasteiger partial charge on any atom is 0.162 e. The molecule has 0 radical (unpaired) electrons. The zero-order chi connectivity index (χ0) is 14.9. The Balaban J connectivity index is 1.89. The van der Waals surface area contributed by atoms with Crippen LogP contribution in [0.1, 0.15) is 37.2 Å². The molecule has 0 atom stereocenters. The van der Waals surface area contributed by atoms with Crippen molar-refractivity contribution in [3.05, 3.63) is 42.5 Å². The first-order chi connectivity index (χ1) is 10.8. The van der Waals surface area contributed by atoms with Gasteiger partial charge < -0.3 is 5.73 Å². The summed E-state index contributed by atoms with van der Waals surface area (Å²) in [6.45, 7) is 0. The fraction of sp³-hybridized carbons (Fsp3) is 0.294. The first kappa shape index (κ1) is 13.1. The van der Waals surface area contributed by atoms with Crippen LogP contribution in [0.2, 0.25) is 0 Å². The lowest BCUT2D eigenvalue weighted by Gasteiger charge is -2.14. The predicted octanol–water partition coefficient (Wildman–Crippen LogP) is 3.33. The SMILES string of the molecule is Nc1nc(-c2ccncc2)nc2cncc(C3CCCC3)c12. The Labute approximate surface area is 128 Å². The fourth-order valence-electron chi connectivity index (χ4n) is 3.31. The number of rotatable bonds is 2. The quantitative estimate of drug-likeness (QED) is 0.783. The molecule has 3 aromatic heterocycles. The molecule has 22 heavy (non-hydrogen) atoms. The van der Waals surface area contributed by atoms with Gasteiger partial charge in [0.15, 0.2) is 5.82 Å². The van der Waals surface area contributed by atoms with Gasteiger partial charge in [0.2, 0.25) is 0 Å². The second kappa shape index (κ2) is 5.33. The van der Waals surface area contributed by atoms with Crippen LogP contribution < -0.4 is 5.73 Å². The molecular formula is C17H17N5. The van der Waals surface area contributed by atoms with Crippen molar-refractivity contribution in [2.75, 3.05) is 5.73 Å². The molecule has 0 aromatic carbocycles. The molecule has 0 bridgehead atoms. The largest absolute Gasteiger partial charge is 0.383 e. The van der Waals surface area contributed by atoms with Crippen molar-refractivity contribution in [3.8, 4) is 11.4 Å². The lowest BCUT2D eigenvalue weighted by Crippen LogP contribution is -2.03. The van der Waals surface area contributed by atoms with Gasteiger partial charge in [-0.2, -0.15) is 0 Å². The second-order valence-corrected chi connectivity index (χ2v) is 5.77. The van der Waals surface area contributed by atoms with Gasteiger partial charge in [-0.05, 0) is 36.5 Å². The van der Waals surface area contributed by atoms with Crippen LogP contribution in [-0.4, -0.2) is 19.9 Å². The second-order valence-electron chi connectivity index (χ2n) is 5.77. The maximum atomic E-state index is 6.27. The number of nitrogen functional groups attached to an aromatic ring is 1. The Hall–Kier alpha value is -2.56. The third kappa shape index (κ3) is 2.19. The molecule has 1 fully saturated rings. The van der Waals surface area contributed by atoms with Crippen molar-refractivity contribution in [2.45, 2.75) is 31.6 Å². The third-order valence-electron chi connectivity index (χ3n) is 4.40. The number of anilines is 1. The van der Waals surface area contributed by atoms with Gasteiger partial charge in [-0.25, -0.2) is 9.97 Å². The van der Waals surface area contributed by atoms with Gasteiger partial charge in [0.05, 0.1) is 11.7 Å². The molecule has 0 saturated heterocycles. The van der Waals surface area contributed by atoms with E-state index in [4.69, 9.17) is 5.73 Å². The molecule has 0 unspecified atom stereocenters. The van der Waals surface area contributed by atoms with Gasteiger partial charge in [-0.1, -0.05) is 12.8 Å². The monoisotopic (exact) mass is 291 g/mol. The lowest BCUT2D eigenvalue weighted by molar-refractivity contribution is 0.725. The van der Waals surface area contributed by atoms with E-state index in [2.05, 4.69) is 19.9 Å². The van der Waals surface area contributed by atoms with Crippen LogP contribution in [0.3, 0.4) is 0 Å². The van der Waals surface area contributed by atoms with E-state index in [1.54, 1.807) is 18.6 Å². The van der Waals surface area contributed by atoms with E-state index in [0.29, 0.717) is 17.6 Å². The minimum absolute atomic E-state index is 0.536. The van der Waals surface area contributed by atoms with E-state index in [1.165, 1.54) is 31.2 Å². The Morgan fingerprint density at radius 1 is 0.955 bits per heavy atom. The molecular weight excluding hydrogens is 274 g/mol. The van der Waals surface area contributed by atoms with E-state index >= 15 is 0 Å². The van der Waals surface area contributed by atoms with Crippen LogP contribution in [0.25, 0.3) is 22.3 Å². The summed E-state index contributed by atoms with van der Waals surface area (Å²) in [6.07, 6.45) is 12.1. The van der Waals surface area contributed by atoms with Crippen LogP contribution >= 0.6 is 0 Å². The Morgan fingerprint density at radius 3 is 2.50 bits per heavy atom. The third-order valence-corrected chi connectivity index (χ3v) is 4.40. The number of nitrogens with zero attached hydrogens (tertiary/aromatic N) is 4. The number of hydrogen-bond acceptors (Lipinski definition) is 5. The number of aromatic nitrogens is 4. The van der Waals surface area contributed by atoms with E-state index in [-0.39, 0.29) is 0 Å². The van der Waals surface area contributed by atoms with Crippen LogP contribution in [0.4, 0.5) is 5.82 Å². The summed E-state index contributed by atoms with van der Waals surface area (Å²) in [6, 6.07) is 3.77. The zero-order valence-corrected chi connectivity index (χ0v) is 12.2. The highest BCUT2D eigenvalue weighted by atomic mass is 15.0. The molecule has 0 spiro atoms. The number of pyridine rings is 2. The molecule has 2 N–H and O–H groups in total. The predicted molar refractivity (Wildman–Crippen MR) is 86.2 cm³/mol. The van der Waals surface area contributed by atoms with Crippen molar-refractivity contribution in [2.24, 2.45) is 0 Å². The number of nitrogens with two attached hydrogens (primary N) is 1. The van der Waals surface area contributed by atoms with Gasteiger partial charge in [-0.3, -0.25) is 9.97 Å². The van der Waals surface area contributed by atoms with Crippen LogP contribution in [0, 0.1) is 0 Å². The minimum Gasteiger partial charge on any atom is -0.383 e. The molecule has 1 saturated carbocycles. The molecule has 5 heteroatoms. The summed E-state index contributed by atoms with van der Waals surface area (Å²) < 4.78 is 0. The average Bonchev–Trinajstić information content (AvgIpc) is 3.09. The van der Waals surface area contributed by atoms with Gasteiger partial charge in [0.25, 0.3) is 0 Å². The molecule has 1 aliphatic rings. The van der Waals surface area contributed by atoms with E-state index in [9.17, 15) is 0 Å². The molecule has 5 nitrogen and oxygen atoms in total. The van der Waals surface area contributed by atoms with Gasteiger partial charge in [-0.15, -0.1) is 0 Å². The van der Waals surface area contributed by atoms with Crippen molar-refractivity contribution in [3.63, 3.8) is 0 Å². The highest BCUT2D eigenvalue weighted by Gasteiger charge is 2.21. The van der Waals surface area contributed by atoms with E-state index in [1.807, 2.05) is 18.3 Å². The molecule has 0 aliphatic heterocycles. The zero-order valence-electron chi connectivity index (χ0n) is 12.2. The van der Waals surface area contributed by atoms with Crippen LogP contribution in [-0.2, 0) is 0 Å². The molecule has 0 amide bonds. The van der Waals surface area contributed by atoms with Crippen molar-refractivity contribution in [1.29, 1.82) is 0 Å². The van der Waals surface area contributed by atoms with E-state index in [0.717, 1.165) is 16.5 Å². The number of fused-ring (bicyclic) bond motifs is 1. The van der Waals surface area contributed by atoms with Crippen molar-refractivity contribution in [1.82, 2.24) is 19.9 Å². The summed E-state index contributed by atoms with van der Waals surface area (Å²) in [7, 11) is 0. The highest BCUT2D eigenvalue weighted by molar-refractivity contribution is 5.92.